The van der Waals surface area contributed by atoms with E-state index in [-0.39, 0.29) is 0 Å². The van der Waals surface area contributed by atoms with E-state index in [1.165, 1.54) is 0 Å². The number of nitrogen functional groups attached to an aromatic ring is 1. The van der Waals surface area contributed by atoms with Gasteiger partial charge in [0.05, 0.1) is 11.4 Å². The molecule has 1 aromatic heterocycles. The van der Waals surface area contributed by atoms with Gasteiger partial charge in [0, 0.05) is 18.3 Å². The Labute approximate surface area is 99.5 Å². The Kier molecular flexibility index (Phi) is 2.97. The SMILES string of the molecule is CN(c1ccccn1)c1cc(Cl)ccc1N. The summed E-state index contributed by atoms with van der Waals surface area (Å²) < 4.78 is 0. The van der Waals surface area contributed by atoms with Crippen molar-refractivity contribution >= 4 is 28.8 Å². The summed E-state index contributed by atoms with van der Waals surface area (Å²) in [6, 6.07) is 11.1. The third-order valence-electron chi connectivity index (χ3n) is 2.35. The standard InChI is InChI=1S/C12H12ClN3/c1-16(12-4-2-3-7-15-12)11-8-9(13)5-6-10(11)14/h2-8H,14H2,1H3. The van der Waals surface area contributed by atoms with Crippen LogP contribution in [0.3, 0.4) is 0 Å². The molecule has 0 amide bonds. The van der Waals surface area contributed by atoms with Crippen LogP contribution in [0, 0.1) is 0 Å². The number of hydrogen-bond acceptors (Lipinski definition) is 3. The van der Waals surface area contributed by atoms with Crippen molar-refractivity contribution in [3.63, 3.8) is 0 Å². The van der Waals surface area contributed by atoms with Crippen LogP contribution in [0.15, 0.2) is 42.6 Å². The van der Waals surface area contributed by atoms with E-state index in [1.54, 1.807) is 18.3 Å². The highest BCUT2D eigenvalue weighted by Crippen LogP contribution is 2.29. The van der Waals surface area contributed by atoms with Gasteiger partial charge in [-0.15, -0.1) is 0 Å². The predicted octanol–water partition coefficient (Wildman–Crippen LogP) is 3.09. The molecule has 0 aliphatic heterocycles. The summed E-state index contributed by atoms with van der Waals surface area (Å²) in [6.07, 6.45) is 1.74. The third kappa shape index (κ3) is 2.09. The maximum absolute atomic E-state index is 5.95. The van der Waals surface area contributed by atoms with Crippen molar-refractivity contribution < 1.29 is 0 Å². The van der Waals surface area contributed by atoms with Crippen LogP contribution in [0.4, 0.5) is 17.2 Å². The van der Waals surface area contributed by atoms with Crippen LogP contribution in [0.2, 0.25) is 5.02 Å². The van der Waals surface area contributed by atoms with Gasteiger partial charge in [0.25, 0.3) is 0 Å². The quantitative estimate of drug-likeness (QED) is 0.811. The molecule has 2 aromatic rings. The van der Waals surface area contributed by atoms with E-state index in [0.717, 1.165) is 11.5 Å². The topological polar surface area (TPSA) is 42.2 Å². The smallest absolute Gasteiger partial charge is 0.132 e. The fraction of sp³-hybridized carbons (Fsp3) is 0.0833. The van der Waals surface area contributed by atoms with Crippen LogP contribution in [-0.4, -0.2) is 12.0 Å². The highest BCUT2D eigenvalue weighted by Gasteiger charge is 2.08. The summed E-state index contributed by atoms with van der Waals surface area (Å²) in [7, 11) is 1.91. The number of rotatable bonds is 2. The minimum atomic E-state index is 0.659. The van der Waals surface area contributed by atoms with Crippen molar-refractivity contribution in [3.8, 4) is 0 Å². The Hall–Kier alpha value is -1.74. The van der Waals surface area contributed by atoms with Gasteiger partial charge in [-0.1, -0.05) is 17.7 Å². The highest BCUT2D eigenvalue weighted by molar-refractivity contribution is 6.31. The van der Waals surface area contributed by atoms with Crippen molar-refractivity contribution in [2.24, 2.45) is 0 Å². The molecule has 0 unspecified atom stereocenters. The lowest BCUT2D eigenvalue weighted by atomic mass is 10.2. The molecule has 0 aliphatic rings. The third-order valence-corrected chi connectivity index (χ3v) is 2.58. The molecule has 0 atom stereocenters. The van der Waals surface area contributed by atoms with Gasteiger partial charge < -0.3 is 10.6 Å². The lowest BCUT2D eigenvalue weighted by molar-refractivity contribution is 1.13. The van der Waals surface area contributed by atoms with Crippen LogP contribution in [-0.2, 0) is 0 Å². The van der Waals surface area contributed by atoms with Gasteiger partial charge >= 0.3 is 0 Å². The zero-order chi connectivity index (χ0) is 11.5. The first-order valence-corrected chi connectivity index (χ1v) is 5.26. The second kappa shape index (κ2) is 4.41. The number of benzene rings is 1. The van der Waals surface area contributed by atoms with E-state index in [1.807, 2.05) is 36.2 Å². The summed E-state index contributed by atoms with van der Waals surface area (Å²) in [4.78, 5) is 6.16. The van der Waals surface area contributed by atoms with Gasteiger partial charge in [0.15, 0.2) is 0 Å². The van der Waals surface area contributed by atoms with Crippen molar-refractivity contribution in [2.75, 3.05) is 17.7 Å². The van der Waals surface area contributed by atoms with E-state index >= 15 is 0 Å². The number of pyridine rings is 1. The number of nitrogens with two attached hydrogens (primary N) is 1. The molecular formula is C12H12ClN3. The van der Waals surface area contributed by atoms with Gasteiger partial charge in [0.1, 0.15) is 5.82 Å². The predicted molar refractivity (Wildman–Crippen MR) is 68.2 cm³/mol. The van der Waals surface area contributed by atoms with Gasteiger partial charge in [-0.05, 0) is 30.3 Å². The van der Waals surface area contributed by atoms with E-state index in [4.69, 9.17) is 17.3 Å². The van der Waals surface area contributed by atoms with Crippen LogP contribution in [0.1, 0.15) is 0 Å². The summed E-state index contributed by atoms with van der Waals surface area (Å²) >= 11 is 5.95. The summed E-state index contributed by atoms with van der Waals surface area (Å²) in [5, 5.41) is 0.659. The number of aromatic nitrogens is 1. The summed E-state index contributed by atoms with van der Waals surface area (Å²) in [5.41, 5.74) is 7.43. The van der Waals surface area contributed by atoms with Gasteiger partial charge in [-0.2, -0.15) is 0 Å². The first-order valence-electron chi connectivity index (χ1n) is 4.88. The molecule has 2 N–H and O–H groups in total. The van der Waals surface area contributed by atoms with E-state index in [9.17, 15) is 0 Å². The highest BCUT2D eigenvalue weighted by atomic mass is 35.5. The number of halogens is 1. The van der Waals surface area contributed by atoms with Crippen molar-refractivity contribution in [1.29, 1.82) is 0 Å². The van der Waals surface area contributed by atoms with Crippen LogP contribution in [0.25, 0.3) is 0 Å². The zero-order valence-corrected chi connectivity index (χ0v) is 9.65. The van der Waals surface area contributed by atoms with Gasteiger partial charge in [-0.3, -0.25) is 0 Å². The number of nitrogens with zero attached hydrogens (tertiary/aromatic N) is 2. The second-order valence-electron chi connectivity index (χ2n) is 3.45. The fourth-order valence-electron chi connectivity index (χ4n) is 1.48. The Morgan fingerprint density at radius 1 is 1.25 bits per heavy atom. The maximum Gasteiger partial charge on any atom is 0.132 e. The Morgan fingerprint density at radius 2 is 2.06 bits per heavy atom. The molecule has 1 heterocycles. The molecule has 0 fully saturated rings. The largest absolute Gasteiger partial charge is 0.397 e. The fourth-order valence-corrected chi connectivity index (χ4v) is 1.65. The molecule has 0 bridgehead atoms. The van der Waals surface area contributed by atoms with Crippen LogP contribution < -0.4 is 10.6 Å². The van der Waals surface area contributed by atoms with Crippen LogP contribution >= 0.6 is 11.6 Å². The molecule has 4 heteroatoms. The van der Waals surface area contributed by atoms with E-state index < -0.39 is 0 Å². The molecule has 3 nitrogen and oxygen atoms in total. The second-order valence-corrected chi connectivity index (χ2v) is 3.89. The molecule has 16 heavy (non-hydrogen) atoms. The van der Waals surface area contributed by atoms with Crippen molar-refractivity contribution in [2.45, 2.75) is 0 Å². The van der Waals surface area contributed by atoms with Gasteiger partial charge in [0.2, 0.25) is 0 Å². The first kappa shape index (κ1) is 10.8. The minimum Gasteiger partial charge on any atom is -0.397 e. The van der Waals surface area contributed by atoms with Crippen molar-refractivity contribution in [1.82, 2.24) is 4.98 Å². The van der Waals surface area contributed by atoms with Gasteiger partial charge in [-0.25, -0.2) is 4.98 Å². The minimum absolute atomic E-state index is 0.659. The molecule has 0 saturated carbocycles. The number of anilines is 3. The Bertz CT molecular complexity index is 485. The molecule has 0 saturated heterocycles. The lowest BCUT2D eigenvalue weighted by Gasteiger charge is -2.20. The molecule has 1 aromatic carbocycles. The summed E-state index contributed by atoms with van der Waals surface area (Å²) in [6.45, 7) is 0. The van der Waals surface area contributed by atoms with Crippen molar-refractivity contribution in [3.05, 3.63) is 47.6 Å². The zero-order valence-electron chi connectivity index (χ0n) is 8.89. The Balaban J connectivity index is 2.41. The monoisotopic (exact) mass is 233 g/mol. The molecular weight excluding hydrogens is 222 g/mol. The first-order chi connectivity index (χ1) is 7.68. The summed E-state index contributed by atoms with van der Waals surface area (Å²) in [5.74, 6) is 0.830. The molecule has 0 spiro atoms. The molecule has 0 aliphatic carbocycles. The molecule has 82 valence electrons. The van der Waals surface area contributed by atoms with Crippen LogP contribution in [0.5, 0.6) is 0 Å². The number of hydrogen-bond donors (Lipinski definition) is 1. The average Bonchev–Trinajstić information content (AvgIpc) is 2.32. The normalized spacial score (nSPS) is 10.1. The van der Waals surface area contributed by atoms with E-state index in [2.05, 4.69) is 4.98 Å². The lowest BCUT2D eigenvalue weighted by Crippen LogP contribution is -2.12. The molecule has 2 rings (SSSR count). The molecule has 0 radical (unpaired) electrons. The maximum atomic E-state index is 5.95. The Morgan fingerprint density at radius 3 is 2.75 bits per heavy atom. The average molecular weight is 234 g/mol. The van der Waals surface area contributed by atoms with E-state index in [0.29, 0.717) is 10.7 Å².